The van der Waals surface area contributed by atoms with Crippen LogP contribution in [0.4, 0.5) is 0 Å². The van der Waals surface area contributed by atoms with Gasteiger partial charge < -0.3 is 14.7 Å². The maximum Gasteiger partial charge on any atom is 0.119 e. The van der Waals surface area contributed by atoms with Crippen LogP contribution in [0.1, 0.15) is 24.8 Å². The summed E-state index contributed by atoms with van der Waals surface area (Å²) in [6, 6.07) is 5.56. The molecular weight excluding hydrogens is 297 g/mol. The van der Waals surface area contributed by atoms with E-state index in [1.54, 1.807) is 0 Å². The highest BCUT2D eigenvalue weighted by Gasteiger charge is 2.15. The standard InChI is InChI=1S/C15H22ClNO2.ClH/c1-12-9-14(5-6-15(12)16)19-11-13(18)10-17-7-3-2-4-8-17;/h5-6,9,13,18H,2-4,7-8,10-11H2,1H3;1H. The molecule has 0 spiro atoms. The first-order valence-electron chi connectivity index (χ1n) is 6.94. The summed E-state index contributed by atoms with van der Waals surface area (Å²) in [7, 11) is 0. The molecule has 1 heterocycles. The highest BCUT2D eigenvalue weighted by atomic mass is 35.5. The fourth-order valence-electron chi connectivity index (χ4n) is 2.39. The van der Waals surface area contributed by atoms with Crippen LogP contribution < -0.4 is 4.74 Å². The predicted octanol–water partition coefficient (Wildman–Crippen LogP) is 3.30. The van der Waals surface area contributed by atoms with Gasteiger partial charge in [0.15, 0.2) is 0 Å². The van der Waals surface area contributed by atoms with Crippen molar-refractivity contribution in [1.82, 2.24) is 4.90 Å². The maximum atomic E-state index is 9.99. The van der Waals surface area contributed by atoms with Gasteiger partial charge >= 0.3 is 0 Å². The molecule has 1 fully saturated rings. The Balaban J connectivity index is 0.00000200. The van der Waals surface area contributed by atoms with Gasteiger partial charge in [0.2, 0.25) is 0 Å². The number of piperidine rings is 1. The van der Waals surface area contributed by atoms with E-state index in [0.717, 1.165) is 29.4 Å². The molecule has 0 radical (unpaired) electrons. The Hall–Kier alpha value is -0.480. The van der Waals surface area contributed by atoms with Crippen LogP contribution in [0, 0.1) is 6.92 Å². The highest BCUT2D eigenvalue weighted by Crippen LogP contribution is 2.21. The van der Waals surface area contributed by atoms with Crippen molar-refractivity contribution in [2.24, 2.45) is 0 Å². The summed E-state index contributed by atoms with van der Waals surface area (Å²) in [6.07, 6.45) is 3.36. The lowest BCUT2D eigenvalue weighted by Crippen LogP contribution is -2.38. The minimum absolute atomic E-state index is 0. The van der Waals surface area contributed by atoms with Crippen LogP contribution in [-0.2, 0) is 0 Å². The van der Waals surface area contributed by atoms with Gasteiger partial charge in [-0.15, -0.1) is 12.4 Å². The molecule has 0 bridgehead atoms. The van der Waals surface area contributed by atoms with E-state index >= 15 is 0 Å². The lowest BCUT2D eigenvalue weighted by molar-refractivity contribution is 0.0617. The molecule has 0 aromatic heterocycles. The fourth-order valence-corrected chi connectivity index (χ4v) is 2.51. The van der Waals surface area contributed by atoms with Gasteiger partial charge in [0.25, 0.3) is 0 Å². The Morgan fingerprint density at radius 3 is 2.65 bits per heavy atom. The van der Waals surface area contributed by atoms with Crippen molar-refractivity contribution in [3.05, 3.63) is 28.8 Å². The number of likely N-dealkylation sites (tertiary alicyclic amines) is 1. The number of aliphatic hydroxyl groups is 1. The molecule has 114 valence electrons. The van der Waals surface area contributed by atoms with Gasteiger partial charge in [0.05, 0.1) is 0 Å². The molecule has 1 aliphatic heterocycles. The Labute approximate surface area is 132 Å². The molecule has 1 unspecified atom stereocenters. The van der Waals surface area contributed by atoms with Gasteiger partial charge in [0, 0.05) is 11.6 Å². The minimum atomic E-state index is -0.436. The quantitative estimate of drug-likeness (QED) is 0.903. The van der Waals surface area contributed by atoms with Crippen LogP contribution in [0.5, 0.6) is 5.75 Å². The van der Waals surface area contributed by atoms with E-state index in [0.29, 0.717) is 13.2 Å². The number of hydrogen-bond acceptors (Lipinski definition) is 3. The van der Waals surface area contributed by atoms with Crippen molar-refractivity contribution in [2.75, 3.05) is 26.2 Å². The molecule has 1 saturated heterocycles. The number of aliphatic hydroxyl groups excluding tert-OH is 1. The molecule has 1 aromatic carbocycles. The van der Waals surface area contributed by atoms with Gasteiger partial charge in [-0.25, -0.2) is 0 Å². The average Bonchev–Trinajstić information content (AvgIpc) is 2.41. The van der Waals surface area contributed by atoms with Gasteiger partial charge in [-0.1, -0.05) is 18.0 Å². The monoisotopic (exact) mass is 319 g/mol. The second-order valence-electron chi connectivity index (χ2n) is 5.24. The summed E-state index contributed by atoms with van der Waals surface area (Å²) in [5.41, 5.74) is 0.990. The van der Waals surface area contributed by atoms with E-state index in [-0.39, 0.29) is 12.4 Å². The first-order chi connectivity index (χ1) is 9.15. The summed E-state index contributed by atoms with van der Waals surface area (Å²) in [6.45, 7) is 5.16. The Kier molecular flexibility index (Phi) is 7.67. The second kappa shape index (κ2) is 8.73. The number of halogens is 2. The normalized spacial score (nSPS) is 17.4. The van der Waals surface area contributed by atoms with Crippen LogP contribution >= 0.6 is 24.0 Å². The number of β-amino-alcohol motifs (C(OH)–C–C–N with tert-alkyl or cyclic N) is 1. The lowest BCUT2D eigenvalue weighted by atomic mass is 10.1. The number of nitrogens with zero attached hydrogens (tertiary/aromatic N) is 1. The summed E-state index contributed by atoms with van der Waals surface area (Å²) >= 11 is 5.96. The molecule has 0 amide bonds. The van der Waals surface area contributed by atoms with E-state index in [4.69, 9.17) is 16.3 Å². The van der Waals surface area contributed by atoms with Gasteiger partial charge in [0.1, 0.15) is 18.5 Å². The zero-order valence-electron chi connectivity index (χ0n) is 11.8. The number of benzene rings is 1. The molecule has 0 aliphatic carbocycles. The molecule has 3 nitrogen and oxygen atoms in total. The fraction of sp³-hybridized carbons (Fsp3) is 0.600. The zero-order valence-corrected chi connectivity index (χ0v) is 13.4. The van der Waals surface area contributed by atoms with Crippen LogP contribution in [-0.4, -0.2) is 42.4 Å². The van der Waals surface area contributed by atoms with E-state index in [1.807, 2.05) is 25.1 Å². The van der Waals surface area contributed by atoms with Gasteiger partial charge in [-0.05, 0) is 56.6 Å². The average molecular weight is 320 g/mol. The third-order valence-corrected chi connectivity index (χ3v) is 3.91. The molecule has 2 rings (SSSR count). The van der Waals surface area contributed by atoms with Crippen molar-refractivity contribution in [3.63, 3.8) is 0 Å². The number of rotatable bonds is 5. The van der Waals surface area contributed by atoms with Crippen LogP contribution in [0.3, 0.4) is 0 Å². The third-order valence-electron chi connectivity index (χ3n) is 3.49. The molecule has 1 aliphatic rings. The largest absolute Gasteiger partial charge is 0.491 e. The van der Waals surface area contributed by atoms with Crippen LogP contribution in [0.2, 0.25) is 5.02 Å². The molecule has 1 N–H and O–H groups in total. The molecule has 0 saturated carbocycles. The molecular formula is C15H23Cl2NO2. The predicted molar refractivity (Wildman–Crippen MR) is 85.2 cm³/mol. The zero-order chi connectivity index (χ0) is 13.7. The van der Waals surface area contributed by atoms with E-state index in [2.05, 4.69) is 4.90 Å². The minimum Gasteiger partial charge on any atom is -0.491 e. The molecule has 5 heteroatoms. The second-order valence-corrected chi connectivity index (χ2v) is 5.64. The first-order valence-corrected chi connectivity index (χ1v) is 7.32. The Morgan fingerprint density at radius 1 is 1.30 bits per heavy atom. The molecule has 1 atom stereocenters. The van der Waals surface area contributed by atoms with Gasteiger partial charge in [-0.3, -0.25) is 0 Å². The lowest BCUT2D eigenvalue weighted by Gasteiger charge is -2.28. The van der Waals surface area contributed by atoms with E-state index in [9.17, 15) is 5.11 Å². The molecule has 20 heavy (non-hydrogen) atoms. The van der Waals surface area contributed by atoms with Gasteiger partial charge in [-0.2, -0.15) is 0 Å². The van der Waals surface area contributed by atoms with Crippen LogP contribution in [0.25, 0.3) is 0 Å². The van der Waals surface area contributed by atoms with Crippen molar-refractivity contribution in [1.29, 1.82) is 0 Å². The number of ether oxygens (including phenoxy) is 1. The van der Waals surface area contributed by atoms with Crippen molar-refractivity contribution in [2.45, 2.75) is 32.3 Å². The van der Waals surface area contributed by atoms with Crippen LogP contribution in [0.15, 0.2) is 18.2 Å². The number of hydrogen-bond donors (Lipinski definition) is 1. The molecule has 1 aromatic rings. The summed E-state index contributed by atoms with van der Waals surface area (Å²) < 4.78 is 5.61. The smallest absolute Gasteiger partial charge is 0.119 e. The van der Waals surface area contributed by atoms with Crippen molar-refractivity contribution < 1.29 is 9.84 Å². The Bertz CT molecular complexity index is 409. The maximum absolute atomic E-state index is 9.99. The van der Waals surface area contributed by atoms with Crippen molar-refractivity contribution in [3.8, 4) is 5.75 Å². The SMILES string of the molecule is Cc1cc(OCC(O)CN2CCCCC2)ccc1Cl.Cl. The first kappa shape index (κ1) is 17.6. The highest BCUT2D eigenvalue weighted by molar-refractivity contribution is 6.31. The topological polar surface area (TPSA) is 32.7 Å². The third kappa shape index (κ3) is 5.49. The summed E-state index contributed by atoms with van der Waals surface area (Å²) in [5, 5.41) is 10.7. The number of aryl methyl sites for hydroxylation is 1. The Morgan fingerprint density at radius 2 is 2.00 bits per heavy atom. The van der Waals surface area contributed by atoms with Crippen molar-refractivity contribution >= 4 is 24.0 Å². The van der Waals surface area contributed by atoms with E-state index in [1.165, 1.54) is 19.3 Å². The summed E-state index contributed by atoms with van der Waals surface area (Å²) in [4.78, 5) is 2.31. The summed E-state index contributed by atoms with van der Waals surface area (Å²) in [5.74, 6) is 0.764. The van der Waals surface area contributed by atoms with E-state index < -0.39 is 6.10 Å².